The molecule has 144 valence electrons. The van der Waals surface area contributed by atoms with Gasteiger partial charge in [0.15, 0.2) is 0 Å². The molecule has 1 N–H and O–H groups in total. The third kappa shape index (κ3) is 4.80. The fraction of sp³-hybridized carbons (Fsp3) is 0.304. The van der Waals surface area contributed by atoms with E-state index in [1.807, 2.05) is 12.3 Å². The monoisotopic (exact) mass is 373 g/mol. The van der Waals surface area contributed by atoms with Crippen LogP contribution in [0.3, 0.4) is 0 Å². The van der Waals surface area contributed by atoms with Crippen LogP contribution in [-0.4, -0.2) is 42.7 Å². The lowest BCUT2D eigenvalue weighted by Gasteiger charge is -2.36. The first kappa shape index (κ1) is 18.3. The normalized spacial score (nSPS) is 14.1. The molecule has 0 radical (unpaired) electrons. The highest BCUT2D eigenvalue weighted by Crippen LogP contribution is 2.19. The fourth-order valence-corrected chi connectivity index (χ4v) is 3.58. The second kappa shape index (κ2) is 9.22. The second-order valence-electron chi connectivity index (χ2n) is 7.06. The highest BCUT2D eigenvalue weighted by Gasteiger charge is 2.18. The number of hydrogen-bond donors (Lipinski definition) is 1. The van der Waals surface area contributed by atoms with Gasteiger partial charge in [-0.1, -0.05) is 48.5 Å². The van der Waals surface area contributed by atoms with Gasteiger partial charge in [-0.15, -0.1) is 0 Å². The molecule has 3 aromatic rings. The van der Waals surface area contributed by atoms with Crippen LogP contribution >= 0.6 is 0 Å². The van der Waals surface area contributed by atoms with Crippen molar-refractivity contribution >= 4 is 17.5 Å². The molecule has 0 bridgehead atoms. The van der Waals surface area contributed by atoms with Crippen LogP contribution < -0.4 is 15.1 Å². The van der Waals surface area contributed by atoms with Crippen LogP contribution in [0.2, 0.25) is 0 Å². The topological polar surface area (TPSA) is 44.3 Å². The largest absolute Gasteiger partial charge is 0.368 e. The summed E-state index contributed by atoms with van der Waals surface area (Å²) in [5.41, 5.74) is 2.67. The van der Waals surface area contributed by atoms with Gasteiger partial charge in [-0.3, -0.25) is 0 Å². The van der Waals surface area contributed by atoms with Crippen LogP contribution in [-0.2, 0) is 6.42 Å². The average Bonchev–Trinajstić information content (AvgIpc) is 2.78. The van der Waals surface area contributed by atoms with E-state index in [2.05, 4.69) is 80.8 Å². The Hall–Kier alpha value is -3.08. The van der Waals surface area contributed by atoms with E-state index in [4.69, 9.17) is 4.98 Å². The first-order valence-electron chi connectivity index (χ1n) is 10.0. The van der Waals surface area contributed by atoms with Crippen molar-refractivity contribution in [2.75, 3.05) is 47.8 Å². The van der Waals surface area contributed by atoms with Gasteiger partial charge in [-0.05, 0) is 36.6 Å². The molecule has 0 saturated carbocycles. The minimum Gasteiger partial charge on any atom is -0.368 e. The number of nitrogens with one attached hydrogen (secondary N) is 1. The van der Waals surface area contributed by atoms with Crippen molar-refractivity contribution in [3.63, 3.8) is 0 Å². The van der Waals surface area contributed by atoms with Crippen molar-refractivity contribution in [3.8, 4) is 0 Å². The molecule has 0 aliphatic carbocycles. The van der Waals surface area contributed by atoms with Crippen LogP contribution in [0, 0.1) is 0 Å². The van der Waals surface area contributed by atoms with Gasteiger partial charge in [0.1, 0.15) is 5.82 Å². The van der Waals surface area contributed by atoms with Crippen LogP contribution in [0.5, 0.6) is 0 Å². The van der Waals surface area contributed by atoms with E-state index in [9.17, 15) is 0 Å². The van der Waals surface area contributed by atoms with Crippen molar-refractivity contribution < 1.29 is 0 Å². The summed E-state index contributed by atoms with van der Waals surface area (Å²) in [4.78, 5) is 13.9. The summed E-state index contributed by atoms with van der Waals surface area (Å²) in [5.74, 6) is 1.73. The number of para-hydroxylation sites is 1. The molecule has 5 heteroatoms. The summed E-state index contributed by atoms with van der Waals surface area (Å²) in [5, 5.41) is 3.37. The Morgan fingerprint density at radius 3 is 2.21 bits per heavy atom. The van der Waals surface area contributed by atoms with E-state index < -0.39 is 0 Å². The maximum Gasteiger partial charge on any atom is 0.224 e. The molecule has 0 unspecified atom stereocenters. The molecular formula is C23H27N5. The first-order valence-corrected chi connectivity index (χ1v) is 10.0. The number of hydrogen-bond acceptors (Lipinski definition) is 5. The zero-order valence-corrected chi connectivity index (χ0v) is 16.2. The highest BCUT2D eigenvalue weighted by atomic mass is 15.3. The van der Waals surface area contributed by atoms with Crippen LogP contribution in [0.25, 0.3) is 0 Å². The quantitative estimate of drug-likeness (QED) is 0.638. The summed E-state index contributed by atoms with van der Waals surface area (Å²) >= 11 is 0. The molecule has 0 spiro atoms. The van der Waals surface area contributed by atoms with Gasteiger partial charge in [0.2, 0.25) is 5.95 Å². The molecule has 5 nitrogen and oxygen atoms in total. The smallest absolute Gasteiger partial charge is 0.224 e. The highest BCUT2D eigenvalue weighted by molar-refractivity contribution is 5.49. The van der Waals surface area contributed by atoms with Crippen molar-refractivity contribution in [1.29, 1.82) is 0 Å². The van der Waals surface area contributed by atoms with Gasteiger partial charge in [0.25, 0.3) is 0 Å². The minimum atomic E-state index is 0.719. The van der Waals surface area contributed by atoms with E-state index in [0.717, 1.165) is 57.3 Å². The zero-order valence-electron chi connectivity index (χ0n) is 16.2. The molecular weight excluding hydrogens is 346 g/mol. The lowest BCUT2D eigenvalue weighted by atomic mass is 10.1. The number of aromatic nitrogens is 2. The maximum absolute atomic E-state index is 4.72. The summed E-state index contributed by atoms with van der Waals surface area (Å²) in [6.07, 6.45) is 3.98. The van der Waals surface area contributed by atoms with Gasteiger partial charge in [-0.2, -0.15) is 4.98 Å². The molecule has 28 heavy (non-hydrogen) atoms. The molecule has 2 heterocycles. The Morgan fingerprint density at radius 2 is 1.46 bits per heavy atom. The van der Waals surface area contributed by atoms with Crippen molar-refractivity contribution in [1.82, 2.24) is 9.97 Å². The van der Waals surface area contributed by atoms with Crippen molar-refractivity contribution in [2.45, 2.75) is 12.8 Å². The second-order valence-corrected chi connectivity index (χ2v) is 7.06. The molecule has 1 fully saturated rings. The van der Waals surface area contributed by atoms with E-state index >= 15 is 0 Å². The summed E-state index contributed by atoms with van der Waals surface area (Å²) in [6, 6.07) is 23.2. The molecule has 1 saturated heterocycles. The van der Waals surface area contributed by atoms with E-state index in [-0.39, 0.29) is 0 Å². The Bertz CT molecular complexity index is 845. The first-order chi connectivity index (χ1) is 13.9. The molecule has 1 aliphatic heterocycles. The summed E-state index contributed by atoms with van der Waals surface area (Å²) < 4.78 is 0. The Labute approximate surface area is 167 Å². The Morgan fingerprint density at radius 1 is 0.786 bits per heavy atom. The number of benzene rings is 2. The third-order valence-electron chi connectivity index (χ3n) is 5.13. The lowest BCUT2D eigenvalue weighted by Crippen LogP contribution is -2.46. The van der Waals surface area contributed by atoms with Gasteiger partial charge < -0.3 is 15.1 Å². The molecule has 0 atom stereocenters. The van der Waals surface area contributed by atoms with E-state index in [0.29, 0.717) is 0 Å². The predicted octanol–water partition coefficient (Wildman–Crippen LogP) is 3.85. The zero-order chi connectivity index (χ0) is 19.0. The summed E-state index contributed by atoms with van der Waals surface area (Å²) in [6.45, 7) is 4.83. The van der Waals surface area contributed by atoms with Crippen molar-refractivity contribution in [2.24, 2.45) is 0 Å². The standard InChI is InChI=1S/C23H27N5/c1-3-8-20(9-4-1)10-7-14-24-23-25-15-13-22(26-23)28-18-16-27(17-19-28)21-11-5-2-6-12-21/h1-6,8-9,11-13,15H,7,10,14,16-19H2,(H,24,25,26). The van der Waals surface area contributed by atoms with Crippen LogP contribution in [0.15, 0.2) is 72.9 Å². The summed E-state index contributed by atoms with van der Waals surface area (Å²) in [7, 11) is 0. The molecule has 4 rings (SSSR count). The molecule has 1 aromatic heterocycles. The van der Waals surface area contributed by atoms with Crippen LogP contribution in [0.1, 0.15) is 12.0 Å². The fourth-order valence-electron chi connectivity index (χ4n) is 3.58. The lowest BCUT2D eigenvalue weighted by molar-refractivity contribution is 0.647. The van der Waals surface area contributed by atoms with Crippen LogP contribution in [0.4, 0.5) is 17.5 Å². The average molecular weight is 374 g/mol. The SMILES string of the molecule is c1ccc(CCCNc2nccc(N3CCN(c4ccccc4)CC3)n2)cc1. The number of rotatable bonds is 7. The molecule has 1 aliphatic rings. The minimum absolute atomic E-state index is 0.719. The number of anilines is 3. The van der Waals surface area contributed by atoms with Gasteiger partial charge in [-0.25, -0.2) is 4.98 Å². The van der Waals surface area contributed by atoms with E-state index in [1.54, 1.807) is 0 Å². The Kier molecular flexibility index (Phi) is 6.02. The molecule has 0 amide bonds. The number of piperazine rings is 1. The Balaban J connectivity index is 1.27. The molecule has 2 aromatic carbocycles. The predicted molar refractivity (Wildman–Crippen MR) is 116 cm³/mol. The van der Waals surface area contributed by atoms with Crippen molar-refractivity contribution in [3.05, 3.63) is 78.5 Å². The maximum atomic E-state index is 4.72. The van der Waals surface area contributed by atoms with Gasteiger partial charge >= 0.3 is 0 Å². The third-order valence-corrected chi connectivity index (χ3v) is 5.13. The van der Waals surface area contributed by atoms with Gasteiger partial charge in [0.05, 0.1) is 0 Å². The number of aryl methyl sites for hydroxylation is 1. The van der Waals surface area contributed by atoms with E-state index in [1.165, 1.54) is 11.3 Å². The number of nitrogens with zero attached hydrogens (tertiary/aromatic N) is 4. The van der Waals surface area contributed by atoms with Gasteiger partial charge in [0, 0.05) is 44.6 Å².